The Hall–Kier alpha value is -1.77. The molecule has 0 saturated heterocycles. The molecule has 0 aliphatic rings. The van der Waals surface area contributed by atoms with Gasteiger partial charge in [0.2, 0.25) is 0 Å². The Morgan fingerprint density at radius 1 is 0.554 bits per heavy atom. The Morgan fingerprint density at radius 3 is 1.46 bits per heavy atom. The van der Waals surface area contributed by atoms with Crippen LogP contribution in [0.1, 0.15) is 194 Å². The van der Waals surface area contributed by atoms with E-state index in [0.717, 1.165) is 70.6 Å². The van der Waals surface area contributed by atoms with Gasteiger partial charge in [-0.15, -0.1) is 0 Å². The summed E-state index contributed by atoms with van der Waals surface area (Å²) in [6, 6.07) is 0. The van der Waals surface area contributed by atoms with Gasteiger partial charge in [0.15, 0.2) is 6.10 Å². The van der Waals surface area contributed by atoms with Crippen LogP contribution in [0.25, 0.3) is 0 Å². The number of hydrogen-bond donors (Lipinski definition) is 0. The molecular formula is C46H86NO8P. The molecule has 0 aliphatic heterocycles. The van der Waals surface area contributed by atoms with E-state index in [4.69, 9.17) is 18.5 Å². The lowest BCUT2D eigenvalue weighted by atomic mass is 10.1. The number of phosphoric ester groups is 1. The summed E-state index contributed by atoms with van der Waals surface area (Å²) in [6.45, 7) is 4.18. The van der Waals surface area contributed by atoms with Gasteiger partial charge in [-0.05, 0) is 70.6 Å². The number of quaternary nitrogens is 1. The zero-order valence-corrected chi connectivity index (χ0v) is 37.7. The molecule has 0 aromatic heterocycles. The molecular weight excluding hydrogens is 725 g/mol. The Labute approximate surface area is 344 Å². The minimum atomic E-state index is -4.63. The minimum Gasteiger partial charge on any atom is -0.756 e. The molecule has 0 heterocycles. The number of carbonyl (C=O) groups excluding carboxylic acids is 2. The number of ether oxygens (including phenoxy) is 2. The number of likely N-dealkylation sites (N-methyl/N-ethyl adjacent to an activating group) is 1. The van der Waals surface area contributed by atoms with Crippen molar-refractivity contribution in [2.75, 3.05) is 47.5 Å². The van der Waals surface area contributed by atoms with E-state index in [2.05, 4.69) is 50.3 Å². The molecule has 0 bridgehead atoms. The number of allylic oxidation sites excluding steroid dienone is 6. The molecule has 0 aromatic rings. The van der Waals surface area contributed by atoms with Crippen molar-refractivity contribution in [2.24, 2.45) is 0 Å². The maximum absolute atomic E-state index is 12.7. The Morgan fingerprint density at radius 2 is 0.964 bits per heavy atom. The first-order valence-corrected chi connectivity index (χ1v) is 24.2. The van der Waals surface area contributed by atoms with E-state index in [1.165, 1.54) is 89.9 Å². The largest absolute Gasteiger partial charge is 0.756 e. The molecule has 0 radical (unpaired) electrons. The first-order chi connectivity index (χ1) is 27.0. The average molecular weight is 812 g/mol. The van der Waals surface area contributed by atoms with Crippen LogP contribution < -0.4 is 4.89 Å². The number of carbonyl (C=O) groups is 2. The highest BCUT2D eigenvalue weighted by Crippen LogP contribution is 2.38. The summed E-state index contributed by atoms with van der Waals surface area (Å²) in [5.74, 6) is -0.848. The highest BCUT2D eigenvalue weighted by molar-refractivity contribution is 7.45. The van der Waals surface area contributed by atoms with E-state index < -0.39 is 32.5 Å². The fourth-order valence-corrected chi connectivity index (χ4v) is 6.76. The van der Waals surface area contributed by atoms with Crippen molar-refractivity contribution in [3.8, 4) is 0 Å². The Kier molecular flexibility index (Phi) is 37.5. The number of hydrogen-bond acceptors (Lipinski definition) is 8. The number of esters is 2. The average Bonchev–Trinajstić information content (AvgIpc) is 3.15. The standard InChI is InChI=1S/C46H86NO8P/c1-6-8-10-12-14-16-18-20-21-22-23-24-25-27-29-31-33-35-37-39-46(49)55-44(43-54-56(50,51)53-41-40-47(3,4)5)42-52-45(48)38-36-34-32-30-28-26-19-17-15-13-11-9-7-2/h14,16-17,19-21,44H,6-13,15,18,22-43H2,1-5H3/b16-14+,19-17+,21-20+/t44-/m1/s1. The van der Waals surface area contributed by atoms with Crippen molar-refractivity contribution in [2.45, 2.75) is 200 Å². The third kappa shape index (κ3) is 41.9. The second-order valence-electron chi connectivity index (χ2n) is 16.4. The van der Waals surface area contributed by atoms with Crippen LogP contribution in [0.2, 0.25) is 0 Å². The second-order valence-corrected chi connectivity index (χ2v) is 17.8. The molecule has 0 saturated carbocycles. The van der Waals surface area contributed by atoms with Crippen molar-refractivity contribution < 1.29 is 42.1 Å². The van der Waals surface area contributed by atoms with E-state index >= 15 is 0 Å². The zero-order chi connectivity index (χ0) is 41.4. The van der Waals surface area contributed by atoms with Gasteiger partial charge in [0.05, 0.1) is 27.7 Å². The molecule has 2 atom stereocenters. The first-order valence-electron chi connectivity index (χ1n) is 22.7. The third-order valence-corrected chi connectivity index (χ3v) is 10.6. The van der Waals surface area contributed by atoms with Gasteiger partial charge < -0.3 is 27.9 Å². The van der Waals surface area contributed by atoms with Gasteiger partial charge in [0.1, 0.15) is 19.8 Å². The predicted octanol–water partition coefficient (Wildman–Crippen LogP) is 12.3. The summed E-state index contributed by atoms with van der Waals surface area (Å²) < 4.78 is 33.9. The lowest BCUT2D eigenvalue weighted by Gasteiger charge is -2.28. The van der Waals surface area contributed by atoms with Crippen LogP contribution in [-0.2, 0) is 32.7 Å². The van der Waals surface area contributed by atoms with Gasteiger partial charge in [-0.25, -0.2) is 0 Å². The minimum absolute atomic E-state index is 0.0330. The molecule has 0 aromatic carbocycles. The topological polar surface area (TPSA) is 111 Å². The number of rotatable bonds is 41. The maximum Gasteiger partial charge on any atom is 0.306 e. The Bertz CT molecular complexity index is 1050. The summed E-state index contributed by atoms with van der Waals surface area (Å²) in [5, 5.41) is 0. The summed E-state index contributed by atoms with van der Waals surface area (Å²) in [4.78, 5) is 37.5. The fourth-order valence-electron chi connectivity index (χ4n) is 6.03. The highest BCUT2D eigenvalue weighted by atomic mass is 31.2. The molecule has 1 unspecified atom stereocenters. The van der Waals surface area contributed by atoms with Crippen molar-refractivity contribution in [3.63, 3.8) is 0 Å². The molecule has 56 heavy (non-hydrogen) atoms. The summed E-state index contributed by atoms with van der Waals surface area (Å²) >= 11 is 0. The molecule has 0 aliphatic carbocycles. The van der Waals surface area contributed by atoms with E-state index in [1.807, 2.05) is 21.1 Å². The van der Waals surface area contributed by atoms with E-state index in [1.54, 1.807) is 0 Å². The molecule has 0 spiro atoms. The lowest BCUT2D eigenvalue weighted by Crippen LogP contribution is -2.37. The number of nitrogens with zero attached hydrogens (tertiary/aromatic N) is 1. The summed E-state index contributed by atoms with van der Waals surface area (Å²) in [5.41, 5.74) is 0. The SMILES string of the molecule is CCCCC/C=C/C/C=C/CCCCCCCCCCCC(=O)O[C@H](COC(=O)CCCCCCC/C=C/CCCCCC)COP(=O)([O-])OCC[N+](C)(C)C. The molecule has 328 valence electrons. The molecule has 9 nitrogen and oxygen atoms in total. The normalized spacial score (nSPS) is 13.9. The lowest BCUT2D eigenvalue weighted by molar-refractivity contribution is -0.870. The summed E-state index contributed by atoms with van der Waals surface area (Å²) in [6.07, 6.45) is 43.1. The van der Waals surface area contributed by atoms with E-state index in [-0.39, 0.29) is 26.1 Å². The molecule has 0 rings (SSSR count). The molecule has 0 amide bonds. The molecule has 10 heteroatoms. The monoisotopic (exact) mass is 812 g/mol. The van der Waals surface area contributed by atoms with Crippen molar-refractivity contribution in [1.29, 1.82) is 0 Å². The Balaban J connectivity index is 4.33. The van der Waals surface area contributed by atoms with Gasteiger partial charge in [-0.3, -0.25) is 14.2 Å². The molecule has 0 N–H and O–H groups in total. The predicted molar refractivity (Wildman–Crippen MR) is 231 cm³/mol. The second kappa shape index (κ2) is 38.7. The van der Waals surface area contributed by atoms with Crippen LogP contribution in [0.4, 0.5) is 0 Å². The smallest absolute Gasteiger partial charge is 0.306 e. The van der Waals surface area contributed by atoms with Crippen molar-refractivity contribution in [1.82, 2.24) is 0 Å². The van der Waals surface area contributed by atoms with Crippen LogP contribution in [0.15, 0.2) is 36.5 Å². The van der Waals surface area contributed by atoms with Gasteiger partial charge in [0, 0.05) is 12.8 Å². The van der Waals surface area contributed by atoms with Gasteiger partial charge >= 0.3 is 11.9 Å². The quantitative estimate of drug-likeness (QED) is 0.0197. The summed E-state index contributed by atoms with van der Waals surface area (Å²) in [7, 11) is 1.16. The van der Waals surface area contributed by atoms with E-state index in [0.29, 0.717) is 17.4 Å². The van der Waals surface area contributed by atoms with Crippen molar-refractivity contribution >= 4 is 19.8 Å². The van der Waals surface area contributed by atoms with Gasteiger partial charge in [-0.2, -0.15) is 0 Å². The fraction of sp³-hybridized carbons (Fsp3) is 0.826. The highest BCUT2D eigenvalue weighted by Gasteiger charge is 2.21. The van der Waals surface area contributed by atoms with Crippen LogP contribution >= 0.6 is 7.82 Å². The first kappa shape index (κ1) is 54.2. The van der Waals surface area contributed by atoms with Crippen LogP contribution in [0.3, 0.4) is 0 Å². The van der Waals surface area contributed by atoms with Crippen LogP contribution in [0, 0.1) is 0 Å². The van der Waals surface area contributed by atoms with E-state index in [9.17, 15) is 19.0 Å². The third-order valence-electron chi connectivity index (χ3n) is 9.63. The number of unbranched alkanes of at least 4 members (excludes halogenated alkanes) is 21. The zero-order valence-electron chi connectivity index (χ0n) is 36.8. The van der Waals surface area contributed by atoms with Gasteiger partial charge in [0.25, 0.3) is 7.82 Å². The van der Waals surface area contributed by atoms with Crippen molar-refractivity contribution in [3.05, 3.63) is 36.5 Å². The number of phosphoric acid groups is 1. The van der Waals surface area contributed by atoms with Gasteiger partial charge in [-0.1, -0.05) is 147 Å². The van der Waals surface area contributed by atoms with Crippen LogP contribution in [0.5, 0.6) is 0 Å². The molecule has 0 fully saturated rings. The van der Waals surface area contributed by atoms with Crippen LogP contribution in [-0.4, -0.2) is 70.0 Å². The maximum atomic E-state index is 12.7.